The van der Waals surface area contributed by atoms with E-state index in [2.05, 4.69) is 44.8 Å². The summed E-state index contributed by atoms with van der Waals surface area (Å²) in [5.74, 6) is 0.932. The summed E-state index contributed by atoms with van der Waals surface area (Å²) in [6.07, 6.45) is 4.95. The predicted octanol–water partition coefficient (Wildman–Crippen LogP) is 3.02. The van der Waals surface area contributed by atoms with Gasteiger partial charge in [-0.05, 0) is 49.8 Å². The summed E-state index contributed by atoms with van der Waals surface area (Å²) >= 11 is 3.62. The normalized spacial score (nSPS) is 18.7. The minimum atomic E-state index is 0. The van der Waals surface area contributed by atoms with Crippen LogP contribution in [0.5, 0.6) is 0 Å². The van der Waals surface area contributed by atoms with E-state index < -0.39 is 0 Å². The first-order chi connectivity index (χ1) is 9.70. The Balaban J connectivity index is 0.00000161. The highest BCUT2D eigenvalue weighted by Gasteiger charge is 2.45. The average molecular weight is 374 g/mol. The van der Waals surface area contributed by atoms with Gasteiger partial charge in [0.2, 0.25) is 5.91 Å². The molecule has 0 saturated heterocycles. The zero-order valence-electron chi connectivity index (χ0n) is 12.0. The maximum absolute atomic E-state index is 11.9. The highest BCUT2D eigenvalue weighted by molar-refractivity contribution is 9.10. The van der Waals surface area contributed by atoms with Gasteiger partial charge >= 0.3 is 0 Å². The molecule has 0 atom stereocenters. The van der Waals surface area contributed by atoms with Gasteiger partial charge in [0.05, 0.1) is 6.54 Å². The summed E-state index contributed by atoms with van der Waals surface area (Å²) in [4.78, 5) is 11.9. The van der Waals surface area contributed by atoms with E-state index in [-0.39, 0.29) is 23.7 Å². The molecule has 0 aliphatic heterocycles. The Hall–Kier alpha value is -0.580. The molecule has 2 aliphatic carbocycles. The van der Waals surface area contributed by atoms with Crippen molar-refractivity contribution in [3.63, 3.8) is 0 Å². The number of hydrogen-bond donors (Lipinski definition) is 2. The fourth-order valence-electron chi connectivity index (χ4n) is 2.63. The smallest absolute Gasteiger partial charge is 0.233 e. The van der Waals surface area contributed by atoms with Crippen molar-refractivity contribution in [1.82, 2.24) is 10.6 Å². The Morgan fingerprint density at radius 3 is 2.62 bits per heavy atom. The van der Waals surface area contributed by atoms with Crippen LogP contribution in [0.3, 0.4) is 0 Å². The fraction of sp³-hybridized carbons (Fsp3) is 0.562. The van der Waals surface area contributed by atoms with Gasteiger partial charge < -0.3 is 10.6 Å². The molecule has 0 spiro atoms. The lowest BCUT2D eigenvalue weighted by atomic mass is 9.96. The number of rotatable bonds is 7. The van der Waals surface area contributed by atoms with E-state index in [0.717, 1.165) is 36.3 Å². The molecule has 5 heteroatoms. The van der Waals surface area contributed by atoms with Crippen LogP contribution >= 0.6 is 28.3 Å². The molecule has 2 aliphatic rings. The summed E-state index contributed by atoms with van der Waals surface area (Å²) in [6, 6.07) is 8.34. The zero-order chi connectivity index (χ0) is 14.0. The minimum Gasteiger partial charge on any atom is -0.354 e. The molecular weight excluding hydrogens is 352 g/mol. The molecule has 0 radical (unpaired) electrons. The standard InChI is InChI=1S/C16H21BrN2O.ClH/c17-14-4-2-1-3-13(14)16(7-8-16)11-19-15(20)10-18-9-12-5-6-12;/h1-4,12,18H,5-11H2,(H,19,20);1H. The van der Waals surface area contributed by atoms with Crippen LogP contribution in [0.2, 0.25) is 0 Å². The Kier molecular flexibility index (Phi) is 5.69. The van der Waals surface area contributed by atoms with E-state index >= 15 is 0 Å². The monoisotopic (exact) mass is 372 g/mol. The molecule has 1 amide bonds. The molecule has 3 nitrogen and oxygen atoms in total. The maximum atomic E-state index is 11.9. The Morgan fingerprint density at radius 2 is 2.00 bits per heavy atom. The molecular formula is C16H22BrClN2O. The lowest BCUT2D eigenvalue weighted by molar-refractivity contribution is -0.120. The third kappa shape index (κ3) is 4.44. The molecule has 0 heterocycles. The van der Waals surface area contributed by atoms with Gasteiger partial charge in [-0.2, -0.15) is 0 Å². The van der Waals surface area contributed by atoms with Crippen LogP contribution in [0.25, 0.3) is 0 Å². The second-order valence-corrected chi connectivity index (χ2v) is 6.97. The largest absolute Gasteiger partial charge is 0.354 e. The molecule has 0 aromatic heterocycles. The molecule has 21 heavy (non-hydrogen) atoms. The number of carbonyl (C=O) groups is 1. The van der Waals surface area contributed by atoms with Crippen LogP contribution in [-0.2, 0) is 10.2 Å². The van der Waals surface area contributed by atoms with Crippen LogP contribution < -0.4 is 10.6 Å². The highest BCUT2D eigenvalue weighted by Crippen LogP contribution is 2.49. The zero-order valence-corrected chi connectivity index (χ0v) is 14.4. The van der Waals surface area contributed by atoms with Crippen molar-refractivity contribution in [2.75, 3.05) is 19.6 Å². The highest BCUT2D eigenvalue weighted by atomic mass is 79.9. The van der Waals surface area contributed by atoms with Crippen molar-refractivity contribution in [1.29, 1.82) is 0 Å². The first kappa shape index (κ1) is 16.8. The van der Waals surface area contributed by atoms with Gasteiger partial charge in [-0.1, -0.05) is 34.1 Å². The van der Waals surface area contributed by atoms with Gasteiger partial charge in [0, 0.05) is 16.4 Å². The third-order valence-corrected chi connectivity index (χ3v) is 5.03. The van der Waals surface area contributed by atoms with Gasteiger partial charge in [-0.25, -0.2) is 0 Å². The van der Waals surface area contributed by atoms with E-state index in [1.807, 2.05) is 6.07 Å². The maximum Gasteiger partial charge on any atom is 0.233 e. The van der Waals surface area contributed by atoms with Crippen molar-refractivity contribution in [2.45, 2.75) is 31.1 Å². The van der Waals surface area contributed by atoms with Crippen molar-refractivity contribution < 1.29 is 4.79 Å². The number of carbonyl (C=O) groups excluding carboxylic acids is 1. The Bertz CT molecular complexity index is 501. The summed E-state index contributed by atoms with van der Waals surface area (Å²) in [5.41, 5.74) is 1.48. The van der Waals surface area contributed by atoms with Gasteiger partial charge in [-0.3, -0.25) is 4.79 Å². The van der Waals surface area contributed by atoms with E-state index in [0.29, 0.717) is 6.54 Å². The molecule has 2 fully saturated rings. The molecule has 1 aromatic carbocycles. The van der Waals surface area contributed by atoms with Gasteiger partial charge in [0.15, 0.2) is 0 Å². The van der Waals surface area contributed by atoms with Crippen LogP contribution in [0.15, 0.2) is 28.7 Å². The fourth-order valence-corrected chi connectivity index (χ4v) is 3.33. The lowest BCUT2D eigenvalue weighted by Crippen LogP contribution is -2.38. The molecule has 0 bridgehead atoms. The first-order valence-electron chi connectivity index (χ1n) is 7.42. The first-order valence-corrected chi connectivity index (χ1v) is 8.21. The number of halogens is 2. The number of benzene rings is 1. The van der Waals surface area contributed by atoms with Crippen LogP contribution in [0.4, 0.5) is 0 Å². The van der Waals surface area contributed by atoms with Crippen LogP contribution in [-0.4, -0.2) is 25.5 Å². The molecule has 0 unspecified atom stereocenters. The van der Waals surface area contributed by atoms with Crippen LogP contribution in [0, 0.1) is 5.92 Å². The van der Waals surface area contributed by atoms with E-state index in [1.165, 1.54) is 18.4 Å². The van der Waals surface area contributed by atoms with E-state index in [9.17, 15) is 4.79 Å². The predicted molar refractivity (Wildman–Crippen MR) is 90.9 cm³/mol. The second-order valence-electron chi connectivity index (χ2n) is 6.11. The van der Waals surface area contributed by atoms with Gasteiger partial charge in [0.1, 0.15) is 0 Å². The quantitative estimate of drug-likeness (QED) is 0.771. The van der Waals surface area contributed by atoms with Gasteiger partial charge in [-0.15, -0.1) is 12.4 Å². The molecule has 2 saturated carbocycles. The number of amides is 1. The summed E-state index contributed by atoms with van der Waals surface area (Å²) in [7, 11) is 0. The average Bonchev–Trinajstić information content (AvgIpc) is 3.33. The number of nitrogens with one attached hydrogen (secondary N) is 2. The Morgan fingerprint density at radius 1 is 1.29 bits per heavy atom. The molecule has 2 N–H and O–H groups in total. The molecule has 116 valence electrons. The number of hydrogen-bond acceptors (Lipinski definition) is 2. The topological polar surface area (TPSA) is 41.1 Å². The summed E-state index contributed by atoms with van der Waals surface area (Å²) < 4.78 is 1.15. The molecule has 3 rings (SSSR count). The lowest BCUT2D eigenvalue weighted by Gasteiger charge is -2.18. The van der Waals surface area contributed by atoms with Crippen molar-refractivity contribution in [3.8, 4) is 0 Å². The summed E-state index contributed by atoms with van der Waals surface area (Å²) in [6.45, 7) is 2.19. The summed E-state index contributed by atoms with van der Waals surface area (Å²) in [5, 5.41) is 6.32. The van der Waals surface area contributed by atoms with Crippen LogP contribution in [0.1, 0.15) is 31.2 Å². The van der Waals surface area contributed by atoms with E-state index in [1.54, 1.807) is 0 Å². The third-order valence-electron chi connectivity index (χ3n) is 4.34. The molecule has 1 aromatic rings. The Labute approximate surface area is 140 Å². The van der Waals surface area contributed by atoms with Crippen molar-refractivity contribution >= 4 is 34.2 Å². The SMILES string of the molecule is Cl.O=C(CNCC1CC1)NCC1(c2ccccc2Br)CC1. The van der Waals surface area contributed by atoms with Crippen molar-refractivity contribution in [2.24, 2.45) is 5.92 Å². The van der Waals surface area contributed by atoms with Gasteiger partial charge in [0.25, 0.3) is 0 Å². The minimum absolute atomic E-state index is 0. The second kappa shape index (κ2) is 7.12. The van der Waals surface area contributed by atoms with E-state index in [4.69, 9.17) is 0 Å². The van der Waals surface area contributed by atoms with Crippen molar-refractivity contribution in [3.05, 3.63) is 34.3 Å².